The second kappa shape index (κ2) is 10.3. The maximum atomic E-state index is 12.4. The van der Waals surface area contributed by atoms with Crippen molar-refractivity contribution >= 4 is 11.7 Å². The monoisotopic (exact) mass is 403 g/mol. The van der Waals surface area contributed by atoms with Crippen LogP contribution >= 0.6 is 0 Å². The molecule has 7 heteroatoms. The molecule has 4 rings (SSSR count). The van der Waals surface area contributed by atoms with Crippen LogP contribution in [-0.4, -0.2) is 69.1 Å². The molecule has 29 heavy (non-hydrogen) atoms. The molecule has 7 nitrogen and oxygen atoms in total. The fraction of sp³-hybridized carbons (Fsp3) is 0.682. The number of anilines is 1. The maximum absolute atomic E-state index is 12.4. The van der Waals surface area contributed by atoms with Crippen molar-refractivity contribution in [3.63, 3.8) is 0 Å². The summed E-state index contributed by atoms with van der Waals surface area (Å²) in [6.45, 7) is 5.95. The summed E-state index contributed by atoms with van der Waals surface area (Å²) in [5, 5.41) is 5.99. The molecule has 1 aromatic carbocycles. The molecule has 3 fully saturated rings. The maximum Gasteiger partial charge on any atom is 0.319 e. The van der Waals surface area contributed by atoms with E-state index in [1.54, 1.807) is 0 Å². The minimum absolute atomic E-state index is 0.166. The zero-order chi connectivity index (χ0) is 19.9. The van der Waals surface area contributed by atoms with Crippen molar-refractivity contribution in [3.8, 4) is 5.75 Å². The Hall–Kier alpha value is -1.83. The highest BCUT2D eigenvalue weighted by Crippen LogP contribution is 2.24. The Morgan fingerprint density at radius 1 is 1.14 bits per heavy atom. The number of rotatable bonds is 8. The fourth-order valence-electron chi connectivity index (χ4n) is 4.50. The van der Waals surface area contributed by atoms with Gasteiger partial charge in [-0.05, 0) is 69.5 Å². The highest BCUT2D eigenvalue weighted by molar-refractivity contribution is 5.89. The summed E-state index contributed by atoms with van der Waals surface area (Å²) in [4.78, 5) is 14.9. The number of carbonyl (C=O) groups excluding carboxylic acids is 1. The first kappa shape index (κ1) is 20.4. The molecule has 160 valence electrons. The number of benzene rings is 1. The number of hydrogen-bond donors (Lipinski definition) is 2. The third-order valence-corrected chi connectivity index (χ3v) is 6.16. The van der Waals surface area contributed by atoms with Crippen molar-refractivity contribution in [2.75, 3.05) is 51.4 Å². The van der Waals surface area contributed by atoms with E-state index in [0.717, 1.165) is 63.6 Å². The van der Waals surface area contributed by atoms with E-state index in [0.29, 0.717) is 25.1 Å². The first-order valence-electron chi connectivity index (χ1n) is 11.0. The van der Waals surface area contributed by atoms with Gasteiger partial charge in [0.05, 0.1) is 12.7 Å². The van der Waals surface area contributed by atoms with Crippen LogP contribution in [0.4, 0.5) is 10.5 Å². The molecule has 0 bridgehead atoms. The number of ether oxygens (including phenoxy) is 3. The second-order valence-electron chi connectivity index (χ2n) is 8.24. The number of amides is 2. The normalized spacial score (nSPS) is 25.8. The van der Waals surface area contributed by atoms with Crippen molar-refractivity contribution in [3.05, 3.63) is 24.3 Å². The summed E-state index contributed by atoms with van der Waals surface area (Å²) in [5.74, 6) is 1.30. The summed E-state index contributed by atoms with van der Waals surface area (Å²) in [5.41, 5.74) is 0.758. The van der Waals surface area contributed by atoms with Crippen LogP contribution in [0.15, 0.2) is 24.3 Å². The number of urea groups is 1. The summed E-state index contributed by atoms with van der Waals surface area (Å²) in [6.07, 6.45) is 5.95. The molecule has 3 heterocycles. The molecule has 3 aliphatic heterocycles. The van der Waals surface area contributed by atoms with Crippen molar-refractivity contribution in [2.24, 2.45) is 5.92 Å². The van der Waals surface area contributed by atoms with Gasteiger partial charge in [0, 0.05) is 37.4 Å². The van der Waals surface area contributed by atoms with Crippen LogP contribution in [0.1, 0.15) is 32.1 Å². The van der Waals surface area contributed by atoms with E-state index in [2.05, 4.69) is 15.5 Å². The van der Waals surface area contributed by atoms with Crippen molar-refractivity contribution in [1.29, 1.82) is 0 Å². The van der Waals surface area contributed by atoms with Crippen LogP contribution < -0.4 is 15.4 Å². The van der Waals surface area contributed by atoms with Gasteiger partial charge in [-0.2, -0.15) is 0 Å². The number of hydrogen-bond acceptors (Lipinski definition) is 5. The fourth-order valence-corrected chi connectivity index (χ4v) is 4.50. The van der Waals surface area contributed by atoms with E-state index in [1.807, 2.05) is 24.3 Å². The SMILES string of the molecule is O=C(NCC(C1CCOC1)N1CCCC1)Nc1ccc(OCC2CCCO2)cc1. The molecule has 0 spiro atoms. The third-order valence-electron chi connectivity index (χ3n) is 6.16. The highest BCUT2D eigenvalue weighted by Gasteiger charge is 2.32. The smallest absolute Gasteiger partial charge is 0.319 e. The molecule has 0 radical (unpaired) electrons. The van der Waals surface area contributed by atoms with Crippen LogP contribution in [-0.2, 0) is 9.47 Å². The van der Waals surface area contributed by atoms with Crippen LogP contribution in [0, 0.1) is 5.92 Å². The lowest BCUT2D eigenvalue weighted by Crippen LogP contribution is -2.48. The van der Waals surface area contributed by atoms with Crippen LogP contribution in [0.3, 0.4) is 0 Å². The van der Waals surface area contributed by atoms with Crippen molar-refractivity contribution in [2.45, 2.75) is 44.2 Å². The van der Waals surface area contributed by atoms with Crippen molar-refractivity contribution in [1.82, 2.24) is 10.2 Å². The second-order valence-corrected chi connectivity index (χ2v) is 8.24. The Kier molecular flexibility index (Phi) is 7.24. The van der Waals surface area contributed by atoms with Gasteiger partial charge in [-0.1, -0.05) is 0 Å². The Bertz CT molecular complexity index is 620. The molecule has 0 aromatic heterocycles. The molecule has 3 unspecified atom stereocenters. The van der Waals surface area contributed by atoms with E-state index < -0.39 is 0 Å². The van der Waals surface area contributed by atoms with Gasteiger partial charge in [-0.25, -0.2) is 4.79 Å². The number of likely N-dealkylation sites (tertiary alicyclic amines) is 1. The molecule has 2 amide bonds. The lowest BCUT2D eigenvalue weighted by atomic mass is 9.97. The van der Waals surface area contributed by atoms with E-state index in [1.165, 1.54) is 12.8 Å². The largest absolute Gasteiger partial charge is 0.491 e. The van der Waals surface area contributed by atoms with Gasteiger partial charge in [0.15, 0.2) is 0 Å². The average Bonchev–Trinajstić information content (AvgIpc) is 3.51. The zero-order valence-corrected chi connectivity index (χ0v) is 17.1. The lowest BCUT2D eigenvalue weighted by molar-refractivity contribution is 0.0679. The van der Waals surface area contributed by atoms with Gasteiger partial charge < -0.3 is 24.8 Å². The summed E-state index contributed by atoms with van der Waals surface area (Å²) in [6, 6.07) is 7.70. The Morgan fingerprint density at radius 3 is 2.66 bits per heavy atom. The third kappa shape index (κ3) is 5.84. The zero-order valence-electron chi connectivity index (χ0n) is 17.1. The molecule has 3 atom stereocenters. The summed E-state index contributed by atoms with van der Waals surface area (Å²) in [7, 11) is 0. The van der Waals surface area contributed by atoms with Gasteiger partial charge in [0.25, 0.3) is 0 Å². The van der Waals surface area contributed by atoms with Gasteiger partial charge in [0.1, 0.15) is 12.4 Å². The van der Waals surface area contributed by atoms with Crippen LogP contribution in [0.5, 0.6) is 5.75 Å². The molecule has 2 N–H and O–H groups in total. The predicted molar refractivity (Wildman–Crippen MR) is 111 cm³/mol. The minimum atomic E-state index is -0.166. The standard InChI is InChI=1S/C22H33N3O4/c26-22(23-14-21(17-9-13-27-15-17)25-10-1-2-11-25)24-18-5-7-19(8-6-18)29-16-20-4-3-12-28-20/h5-8,17,20-21H,1-4,9-16H2,(H2,23,24,26). The van der Waals surface area contributed by atoms with E-state index in [9.17, 15) is 4.79 Å². The van der Waals surface area contributed by atoms with E-state index in [-0.39, 0.29) is 12.1 Å². The molecular weight excluding hydrogens is 370 g/mol. The first-order valence-corrected chi connectivity index (χ1v) is 11.0. The van der Waals surface area contributed by atoms with Crippen LogP contribution in [0.2, 0.25) is 0 Å². The predicted octanol–water partition coefficient (Wildman–Crippen LogP) is 2.87. The van der Waals surface area contributed by atoms with Gasteiger partial charge >= 0.3 is 6.03 Å². The number of carbonyl (C=O) groups is 1. The van der Waals surface area contributed by atoms with Gasteiger partial charge in [-0.15, -0.1) is 0 Å². The summed E-state index contributed by atoms with van der Waals surface area (Å²) >= 11 is 0. The first-order chi connectivity index (χ1) is 14.3. The Morgan fingerprint density at radius 2 is 1.97 bits per heavy atom. The topological polar surface area (TPSA) is 72.1 Å². The van der Waals surface area contributed by atoms with E-state index in [4.69, 9.17) is 14.2 Å². The average molecular weight is 404 g/mol. The molecule has 0 saturated carbocycles. The summed E-state index contributed by atoms with van der Waals surface area (Å²) < 4.78 is 16.9. The van der Waals surface area contributed by atoms with E-state index >= 15 is 0 Å². The number of nitrogens with one attached hydrogen (secondary N) is 2. The van der Waals surface area contributed by atoms with Crippen LogP contribution in [0.25, 0.3) is 0 Å². The van der Waals surface area contributed by atoms with Gasteiger partial charge in [0.2, 0.25) is 0 Å². The number of nitrogens with zero attached hydrogens (tertiary/aromatic N) is 1. The Balaban J connectivity index is 1.22. The lowest BCUT2D eigenvalue weighted by Gasteiger charge is -2.31. The molecular formula is C22H33N3O4. The Labute approximate surface area is 173 Å². The van der Waals surface area contributed by atoms with Crippen molar-refractivity contribution < 1.29 is 19.0 Å². The molecule has 0 aliphatic carbocycles. The molecule has 3 saturated heterocycles. The molecule has 1 aromatic rings. The molecule has 3 aliphatic rings. The highest BCUT2D eigenvalue weighted by atomic mass is 16.5. The minimum Gasteiger partial charge on any atom is -0.491 e. The van der Waals surface area contributed by atoms with Gasteiger partial charge in [-0.3, -0.25) is 4.90 Å². The quantitative estimate of drug-likeness (QED) is 0.698.